The molecular weight excluding hydrogens is 270 g/mol. The molecule has 3 heterocycles. The Hall–Kier alpha value is -0.650. The normalized spacial score (nSPS) is 37.8. The molecule has 0 aliphatic carbocycles. The van der Waals surface area contributed by atoms with Crippen LogP contribution in [0, 0.1) is 0 Å². The van der Waals surface area contributed by atoms with Crippen molar-refractivity contribution in [2.75, 3.05) is 33.0 Å². The van der Waals surface area contributed by atoms with E-state index in [9.17, 15) is 4.79 Å². The van der Waals surface area contributed by atoms with Gasteiger partial charge in [-0.25, -0.2) is 0 Å². The van der Waals surface area contributed by atoms with Crippen LogP contribution < -0.4 is 0 Å². The topological polar surface area (TPSA) is 48.0 Å². The van der Waals surface area contributed by atoms with Gasteiger partial charge in [0.05, 0.1) is 18.8 Å². The third-order valence-corrected chi connectivity index (χ3v) is 5.11. The summed E-state index contributed by atoms with van der Waals surface area (Å²) >= 11 is 0. The van der Waals surface area contributed by atoms with Crippen LogP contribution in [0.5, 0.6) is 0 Å². The van der Waals surface area contributed by atoms with Crippen molar-refractivity contribution < 1.29 is 19.0 Å². The molecule has 3 fully saturated rings. The first-order valence-corrected chi connectivity index (χ1v) is 8.38. The van der Waals surface area contributed by atoms with Crippen LogP contribution in [0.1, 0.15) is 45.4 Å². The number of carbonyl (C=O) groups is 1. The monoisotopic (exact) mass is 297 g/mol. The van der Waals surface area contributed by atoms with E-state index in [1.807, 2.05) is 6.92 Å². The Morgan fingerprint density at radius 3 is 3.00 bits per heavy atom. The molecule has 120 valence electrons. The van der Waals surface area contributed by atoms with Crippen LogP contribution in [0.3, 0.4) is 0 Å². The van der Waals surface area contributed by atoms with Crippen molar-refractivity contribution >= 4 is 5.97 Å². The van der Waals surface area contributed by atoms with Crippen LogP contribution in [-0.2, 0) is 19.0 Å². The van der Waals surface area contributed by atoms with E-state index in [-0.39, 0.29) is 17.6 Å². The molecule has 0 amide bonds. The minimum atomic E-state index is -0.0976. The van der Waals surface area contributed by atoms with E-state index in [4.69, 9.17) is 14.2 Å². The van der Waals surface area contributed by atoms with Gasteiger partial charge < -0.3 is 14.2 Å². The fourth-order valence-electron chi connectivity index (χ4n) is 4.03. The molecular formula is C16H27NO4. The van der Waals surface area contributed by atoms with Crippen molar-refractivity contribution in [2.45, 2.75) is 63.1 Å². The third kappa shape index (κ3) is 3.25. The summed E-state index contributed by atoms with van der Waals surface area (Å²) in [5.74, 6) is -0.0413. The maximum Gasteiger partial charge on any atom is 0.323 e. The third-order valence-electron chi connectivity index (χ3n) is 5.11. The minimum Gasteiger partial charge on any atom is -0.465 e. The summed E-state index contributed by atoms with van der Waals surface area (Å²) in [5.41, 5.74) is -0.0976. The lowest BCUT2D eigenvalue weighted by Gasteiger charge is -2.46. The Kier molecular flexibility index (Phi) is 4.82. The summed E-state index contributed by atoms with van der Waals surface area (Å²) in [6, 6.07) is 0.372. The Bertz CT molecular complexity index is 367. The highest BCUT2D eigenvalue weighted by Crippen LogP contribution is 2.36. The lowest BCUT2D eigenvalue weighted by Crippen LogP contribution is -2.56. The maximum atomic E-state index is 12.2. The van der Waals surface area contributed by atoms with Gasteiger partial charge in [-0.05, 0) is 39.2 Å². The lowest BCUT2D eigenvalue weighted by atomic mass is 9.86. The number of likely N-dealkylation sites (tertiary alicyclic amines) is 1. The molecule has 0 radical (unpaired) electrons. The molecule has 0 saturated carbocycles. The summed E-state index contributed by atoms with van der Waals surface area (Å²) in [5, 5.41) is 0. The summed E-state index contributed by atoms with van der Waals surface area (Å²) in [6.45, 7) is 5.64. The second-order valence-corrected chi connectivity index (χ2v) is 6.48. The standard InChI is InChI=1S/C16H27NO4/c1-2-20-15(18)14-5-3-4-8-17(14)13-6-9-21-16(11-13)7-10-19-12-16/h13-14H,2-12H2,1H3. The van der Waals surface area contributed by atoms with Gasteiger partial charge in [-0.1, -0.05) is 6.42 Å². The van der Waals surface area contributed by atoms with Gasteiger partial charge in [-0.3, -0.25) is 9.69 Å². The molecule has 0 aromatic carbocycles. The summed E-state index contributed by atoms with van der Waals surface area (Å²) in [6.07, 6.45) is 6.22. The van der Waals surface area contributed by atoms with Crippen LogP contribution in [-0.4, -0.2) is 61.5 Å². The van der Waals surface area contributed by atoms with E-state index in [0.29, 0.717) is 19.3 Å². The number of esters is 1. The predicted molar refractivity (Wildman–Crippen MR) is 78.1 cm³/mol. The zero-order valence-corrected chi connectivity index (χ0v) is 13.0. The van der Waals surface area contributed by atoms with E-state index < -0.39 is 0 Å². The Balaban J connectivity index is 1.69. The molecule has 3 unspecified atom stereocenters. The fraction of sp³-hybridized carbons (Fsp3) is 0.938. The molecule has 0 aromatic rings. The van der Waals surface area contributed by atoms with Crippen molar-refractivity contribution in [3.8, 4) is 0 Å². The number of rotatable bonds is 3. The minimum absolute atomic E-state index is 0.0413. The molecule has 3 aliphatic rings. The van der Waals surface area contributed by atoms with Crippen LogP contribution >= 0.6 is 0 Å². The van der Waals surface area contributed by atoms with Crippen molar-refractivity contribution in [1.29, 1.82) is 0 Å². The first-order chi connectivity index (χ1) is 10.2. The van der Waals surface area contributed by atoms with E-state index in [0.717, 1.165) is 51.9 Å². The Morgan fingerprint density at radius 2 is 2.24 bits per heavy atom. The second kappa shape index (κ2) is 6.63. The molecule has 3 rings (SSSR count). The zero-order chi connectivity index (χ0) is 14.7. The van der Waals surface area contributed by atoms with Gasteiger partial charge >= 0.3 is 5.97 Å². The number of nitrogens with zero attached hydrogens (tertiary/aromatic N) is 1. The molecule has 0 N–H and O–H groups in total. The first-order valence-electron chi connectivity index (χ1n) is 8.38. The number of carbonyl (C=O) groups excluding carboxylic acids is 1. The number of hydrogen-bond acceptors (Lipinski definition) is 5. The Labute approximate surface area is 126 Å². The molecule has 3 saturated heterocycles. The molecule has 3 aliphatic heterocycles. The van der Waals surface area contributed by atoms with Gasteiger partial charge in [-0.15, -0.1) is 0 Å². The van der Waals surface area contributed by atoms with E-state index in [1.54, 1.807) is 0 Å². The van der Waals surface area contributed by atoms with Gasteiger partial charge in [0.1, 0.15) is 6.04 Å². The van der Waals surface area contributed by atoms with Gasteiger partial charge in [0.2, 0.25) is 0 Å². The van der Waals surface area contributed by atoms with Crippen LogP contribution in [0.2, 0.25) is 0 Å². The van der Waals surface area contributed by atoms with Crippen LogP contribution in [0.25, 0.3) is 0 Å². The van der Waals surface area contributed by atoms with Gasteiger partial charge in [0.25, 0.3) is 0 Å². The van der Waals surface area contributed by atoms with Crippen molar-refractivity contribution in [2.24, 2.45) is 0 Å². The average Bonchev–Trinajstić information content (AvgIpc) is 2.95. The largest absolute Gasteiger partial charge is 0.465 e. The SMILES string of the molecule is CCOC(=O)C1CCCCN1C1CCOC2(CCOC2)C1. The quantitative estimate of drug-likeness (QED) is 0.743. The van der Waals surface area contributed by atoms with E-state index in [2.05, 4.69) is 4.90 Å². The van der Waals surface area contributed by atoms with E-state index in [1.165, 1.54) is 6.42 Å². The maximum absolute atomic E-state index is 12.2. The van der Waals surface area contributed by atoms with Crippen molar-refractivity contribution in [1.82, 2.24) is 4.90 Å². The molecule has 5 nitrogen and oxygen atoms in total. The van der Waals surface area contributed by atoms with Crippen molar-refractivity contribution in [3.05, 3.63) is 0 Å². The summed E-state index contributed by atoms with van der Waals surface area (Å²) < 4.78 is 16.9. The fourth-order valence-corrected chi connectivity index (χ4v) is 4.03. The molecule has 0 bridgehead atoms. The molecule has 1 spiro atoms. The highest BCUT2D eigenvalue weighted by Gasteiger charge is 2.45. The zero-order valence-electron chi connectivity index (χ0n) is 13.0. The molecule has 21 heavy (non-hydrogen) atoms. The summed E-state index contributed by atoms with van der Waals surface area (Å²) in [4.78, 5) is 14.6. The van der Waals surface area contributed by atoms with Crippen LogP contribution in [0.4, 0.5) is 0 Å². The van der Waals surface area contributed by atoms with Gasteiger partial charge in [0.15, 0.2) is 0 Å². The Morgan fingerprint density at radius 1 is 1.33 bits per heavy atom. The first kappa shape index (κ1) is 15.3. The van der Waals surface area contributed by atoms with Gasteiger partial charge in [-0.2, -0.15) is 0 Å². The number of ether oxygens (including phenoxy) is 3. The van der Waals surface area contributed by atoms with Crippen LogP contribution in [0.15, 0.2) is 0 Å². The highest BCUT2D eigenvalue weighted by atomic mass is 16.6. The van der Waals surface area contributed by atoms with Crippen molar-refractivity contribution in [3.63, 3.8) is 0 Å². The average molecular weight is 297 g/mol. The molecule has 3 atom stereocenters. The number of hydrogen-bond donors (Lipinski definition) is 0. The van der Waals surface area contributed by atoms with Gasteiger partial charge in [0, 0.05) is 25.7 Å². The second-order valence-electron chi connectivity index (χ2n) is 6.48. The summed E-state index contributed by atoms with van der Waals surface area (Å²) in [7, 11) is 0. The van der Waals surface area contributed by atoms with E-state index >= 15 is 0 Å². The predicted octanol–water partition coefficient (Wildman–Crippen LogP) is 1.74. The lowest BCUT2D eigenvalue weighted by molar-refractivity contribution is -0.157. The number of piperidine rings is 1. The highest BCUT2D eigenvalue weighted by molar-refractivity contribution is 5.76. The smallest absolute Gasteiger partial charge is 0.323 e. The molecule has 5 heteroatoms. The molecule has 0 aromatic heterocycles.